The van der Waals surface area contributed by atoms with Crippen molar-refractivity contribution in [3.05, 3.63) is 53.3 Å². The molecular formula is C17H21NO2. The van der Waals surface area contributed by atoms with E-state index in [4.69, 9.17) is 4.74 Å². The van der Waals surface area contributed by atoms with Crippen molar-refractivity contribution < 1.29 is 9.84 Å². The molecule has 0 unspecified atom stereocenters. The van der Waals surface area contributed by atoms with E-state index in [0.29, 0.717) is 5.75 Å². The third-order valence-corrected chi connectivity index (χ3v) is 3.20. The van der Waals surface area contributed by atoms with Crippen molar-refractivity contribution in [2.45, 2.75) is 39.7 Å². The summed E-state index contributed by atoms with van der Waals surface area (Å²) in [5, 5.41) is 9.36. The van der Waals surface area contributed by atoms with Crippen molar-refractivity contribution in [3.63, 3.8) is 0 Å². The first kappa shape index (κ1) is 14.5. The average Bonchev–Trinajstić information content (AvgIpc) is 2.40. The van der Waals surface area contributed by atoms with Crippen LogP contribution in [0.2, 0.25) is 0 Å². The van der Waals surface area contributed by atoms with E-state index in [1.807, 2.05) is 12.1 Å². The van der Waals surface area contributed by atoms with Crippen LogP contribution in [-0.4, -0.2) is 10.1 Å². The van der Waals surface area contributed by atoms with Gasteiger partial charge in [0.05, 0.1) is 12.8 Å². The molecule has 1 heterocycles. The molecule has 3 heteroatoms. The van der Waals surface area contributed by atoms with Crippen molar-refractivity contribution in [3.8, 4) is 11.5 Å². The topological polar surface area (TPSA) is 42.4 Å². The molecule has 0 saturated heterocycles. The average molecular weight is 271 g/mol. The Bertz CT molecular complexity index is 600. The Labute approximate surface area is 120 Å². The third kappa shape index (κ3) is 3.17. The second-order valence-corrected chi connectivity index (χ2v) is 5.99. The Kier molecular flexibility index (Phi) is 4.09. The molecule has 1 aromatic heterocycles. The summed E-state index contributed by atoms with van der Waals surface area (Å²) in [4.78, 5) is 4.06. The summed E-state index contributed by atoms with van der Waals surface area (Å²) in [5.74, 6) is 1.41. The number of aliphatic hydroxyl groups excluding tert-OH is 1. The van der Waals surface area contributed by atoms with Gasteiger partial charge in [-0.25, -0.2) is 0 Å². The predicted octanol–water partition coefficient (Wildman–Crippen LogP) is 3.97. The van der Waals surface area contributed by atoms with Crippen molar-refractivity contribution in [1.29, 1.82) is 0 Å². The molecule has 3 nitrogen and oxygen atoms in total. The molecule has 1 N–H and O–H groups in total. The van der Waals surface area contributed by atoms with Crippen LogP contribution in [0.25, 0.3) is 0 Å². The fourth-order valence-electron chi connectivity index (χ4n) is 2.07. The zero-order valence-corrected chi connectivity index (χ0v) is 12.5. The van der Waals surface area contributed by atoms with E-state index >= 15 is 0 Å². The first-order valence-electron chi connectivity index (χ1n) is 6.74. The van der Waals surface area contributed by atoms with Gasteiger partial charge < -0.3 is 9.84 Å². The summed E-state index contributed by atoms with van der Waals surface area (Å²) >= 11 is 0. The number of nitrogens with zero attached hydrogens (tertiary/aromatic N) is 1. The van der Waals surface area contributed by atoms with Gasteiger partial charge in [0.15, 0.2) is 5.75 Å². The molecule has 0 spiro atoms. The van der Waals surface area contributed by atoms with Crippen molar-refractivity contribution in [1.82, 2.24) is 4.98 Å². The van der Waals surface area contributed by atoms with E-state index in [1.165, 1.54) is 5.56 Å². The Hall–Kier alpha value is -1.87. The van der Waals surface area contributed by atoms with E-state index in [0.717, 1.165) is 16.9 Å². The van der Waals surface area contributed by atoms with Gasteiger partial charge in [-0.1, -0.05) is 38.5 Å². The molecule has 0 amide bonds. The highest BCUT2D eigenvalue weighted by Gasteiger charge is 2.20. The second-order valence-electron chi connectivity index (χ2n) is 5.99. The minimum atomic E-state index is -0.0609. The molecule has 0 aliphatic heterocycles. The zero-order chi connectivity index (χ0) is 14.8. The van der Waals surface area contributed by atoms with Gasteiger partial charge in [0, 0.05) is 17.3 Å². The molecule has 0 fully saturated rings. The van der Waals surface area contributed by atoms with Gasteiger partial charge in [0.1, 0.15) is 5.75 Å². The van der Waals surface area contributed by atoms with Crippen LogP contribution in [0.1, 0.15) is 37.5 Å². The summed E-state index contributed by atoms with van der Waals surface area (Å²) < 4.78 is 5.99. The van der Waals surface area contributed by atoms with E-state index in [1.54, 1.807) is 18.5 Å². The standard InChI is InChI=1S/C17H21NO2/c1-12-5-6-15(14(9-12)17(2,3)4)20-16-10-18-8-7-13(16)11-19/h5-10,19H,11H2,1-4H3. The fraction of sp³-hybridized carbons (Fsp3) is 0.353. The van der Waals surface area contributed by atoms with Crippen LogP contribution >= 0.6 is 0 Å². The highest BCUT2D eigenvalue weighted by molar-refractivity contribution is 5.44. The number of benzene rings is 1. The normalized spacial score (nSPS) is 11.4. The van der Waals surface area contributed by atoms with Gasteiger partial charge >= 0.3 is 0 Å². The quantitative estimate of drug-likeness (QED) is 0.918. The number of aromatic nitrogens is 1. The van der Waals surface area contributed by atoms with Crippen LogP contribution in [0.15, 0.2) is 36.7 Å². The number of rotatable bonds is 3. The first-order valence-corrected chi connectivity index (χ1v) is 6.74. The van der Waals surface area contributed by atoms with E-state index in [2.05, 4.69) is 38.7 Å². The summed E-state index contributed by atoms with van der Waals surface area (Å²) in [6, 6.07) is 7.91. The molecule has 20 heavy (non-hydrogen) atoms. The van der Waals surface area contributed by atoms with Gasteiger partial charge in [0.25, 0.3) is 0 Å². The molecule has 1 aromatic carbocycles. The van der Waals surface area contributed by atoms with Crippen LogP contribution in [-0.2, 0) is 12.0 Å². The summed E-state index contributed by atoms with van der Waals surface area (Å²) in [5.41, 5.74) is 3.07. The van der Waals surface area contributed by atoms with Crippen LogP contribution in [0, 0.1) is 6.92 Å². The van der Waals surface area contributed by atoms with Gasteiger partial charge in [-0.15, -0.1) is 0 Å². The molecule has 0 aliphatic carbocycles. The molecule has 0 saturated carbocycles. The highest BCUT2D eigenvalue weighted by Crippen LogP contribution is 2.35. The molecule has 2 rings (SSSR count). The summed E-state index contributed by atoms with van der Waals surface area (Å²) in [6.07, 6.45) is 3.29. The zero-order valence-electron chi connectivity index (χ0n) is 12.5. The fourth-order valence-corrected chi connectivity index (χ4v) is 2.07. The lowest BCUT2D eigenvalue weighted by molar-refractivity contribution is 0.276. The minimum absolute atomic E-state index is 0.0110. The maximum absolute atomic E-state index is 9.36. The second kappa shape index (κ2) is 5.63. The van der Waals surface area contributed by atoms with Gasteiger partial charge in [-0.2, -0.15) is 0 Å². The first-order chi connectivity index (χ1) is 9.41. The van der Waals surface area contributed by atoms with Crippen molar-refractivity contribution in [2.75, 3.05) is 0 Å². The SMILES string of the molecule is Cc1ccc(Oc2cnccc2CO)c(C(C)(C)C)c1. The van der Waals surface area contributed by atoms with Gasteiger partial charge in [0.2, 0.25) is 0 Å². The third-order valence-electron chi connectivity index (χ3n) is 3.20. The van der Waals surface area contributed by atoms with Crippen LogP contribution in [0.3, 0.4) is 0 Å². The van der Waals surface area contributed by atoms with E-state index < -0.39 is 0 Å². The van der Waals surface area contributed by atoms with Crippen LogP contribution < -0.4 is 4.74 Å². The van der Waals surface area contributed by atoms with E-state index in [-0.39, 0.29) is 12.0 Å². The Morgan fingerprint density at radius 1 is 1.15 bits per heavy atom. The molecule has 2 aromatic rings. The predicted molar refractivity (Wildman–Crippen MR) is 80.1 cm³/mol. The number of hydrogen-bond acceptors (Lipinski definition) is 3. The lowest BCUT2D eigenvalue weighted by atomic mass is 9.85. The smallest absolute Gasteiger partial charge is 0.151 e. The van der Waals surface area contributed by atoms with Gasteiger partial charge in [-0.05, 0) is 24.5 Å². The number of pyridine rings is 1. The molecule has 106 valence electrons. The molecule has 0 atom stereocenters. The number of ether oxygens (including phenoxy) is 1. The molecule has 0 bridgehead atoms. The Balaban J connectivity index is 2.44. The van der Waals surface area contributed by atoms with Gasteiger partial charge in [-0.3, -0.25) is 4.98 Å². The number of hydrogen-bond donors (Lipinski definition) is 1. The monoisotopic (exact) mass is 271 g/mol. The van der Waals surface area contributed by atoms with Crippen molar-refractivity contribution in [2.24, 2.45) is 0 Å². The molecule has 0 aliphatic rings. The maximum Gasteiger partial charge on any atom is 0.151 e. The molecular weight excluding hydrogens is 250 g/mol. The van der Waals surface area contributed by atoms with E-state index in [9.17, 15) is 5.11 Å². The minimum Gasteiger partial charge on any atom is -0.455 e. The highest BCUT2D eigenvalue weighted by atomic mass is 16.5. The number of aryl methyl sites for hydroxylation is 1. The van der Waals surface area contributed by atoms with Crippen LogP contribution in [0.5, 0.6) is 11.5 Å². The Morgan fingerprint density at radius 2 is 1.90 bits per heavy atom. The largest absolute Gasteiger partial charge is 0.455 e. The van der Waals surface area contributed by atoms with Crippen molar-refractivity contribution >= 4 is 0 Å². The Morgan fingerprint density at radius 3 is 2.55 bits per heavy atom. The lowest BCUT2D eigenvalue weighted by Gasteiger charge is -2.23. The lowest BCUT2D eigenvalue weighted by Crippen LogP contribution is -2.13. The summed E-state index contributed by atoms with van der Waals surface area (Å²) in [7, 11) is 0. The summed E-state index contributed by atoms with van der Waals surface area (Å²) in [6.45, 7) is 8.48. The number of aliphatic hydroxyl groups is 1. The van der Waals surface area contributed by atoms with Crippen LogP contribution in [0.4, 0.5) is 0 Å². The molecule has 0 radical (unpaired) electrons. The maximum atomic E-state index is 9.36.